The second-order valence-electron chi connectivity index (χ2n) is 5.59. The number of rotatable bonds is 3. The van der Waals surface area contributed by atoms with E-state index >= 15 is 0 Å². The summed E-state index contributed by atoms with van der Waals surface area (Å²) >= 11 is 0. The first-order valence-electron chi connectivity index (χ1n) is 7.50. The minimum absolute atomic E-state index is 0.0482. The number of halogens is 1. The number of aromatic nitrogens is 2. The predicted octanol–water partition coefficient (Wildman–Crippen LogP) is 3.15. The first-order valence-corrected chi connectivity index (χ1v) is 7.50. The van der Waals surface area contributed by atoms with Gasteiger partial charge in [0.2, 0.25) is 0 Å². The number of hydrogen-bond donors (Lipinski definition) is 0. The molecule has 0 aliphatic rings. The molecule has 23 heavy (non-hydrogen) atoms. The zero-order valence-corrected chi connectivity index (χ0v) is 13.4. The van der Waals surface area contributed by atoms with Crippen molar-refractivity contribution in [3.05, 3.63) is 64.2 Å². The van der Waals surface area contributed by atoms with Crippen LogP contribution in [-0.2, 0) is 6.42 Å². The Bertz CT molecular complexity index is 931. The quantitative estimate of drug-likeness (QED) is 0.746. The highest BCUT2D eigenvalue weighted by Gasteiger charge is 2.14. The molecule has 4 nitrogen and oxygen atoms in total. The Hall–Kier alpha value is -2.69. The number of benzene rings is 1. The number of nitrogens with zero attached hydrogens (tertiary/aromatic N) is 3. The highest BCUT2D eigenvalue weighted by atomic mass is 19.1. The highest BCUT2D eigenvalue weighted by molar-refractivity contribution is 5.79. The molecular weight excluding hydrogens is 293 g/mol. The molecule has 5 heteroatoms. The van der Waals surface area contributed by atoms with E-state index in [1.54, 1.807) is 41.1 Å². The van der Waals surface area contributed by atoms with Crippen molar-refractivity contribution in [2.24, 2.45) is 0 Å². The van der Waals surface area contributed by atoms with Gasteiger partial charge in [-0.05, 0) is 30.7 Å². The molecule has 2 aromatic heterocycles. The van der Waals surface area contributed by atoms with Gasteiger partial charge in [-0.1, -0.05) is 19.1 Å². The first-order chi connectivity index (χ1) is 11.0. The molecule has 0 radical (unpaired) electrons. The molecule has 1 aromatic carbocycles. The lowest BCUT2D eigenvalue weighted by Crippen LogP contribution is -2.17. The van der Waals surface area contributed by atoms with Crippen LogP contribution in [0, 0.1) is 5.82 Å². The SMILES string of the molecule is CCc1cn(-c2ccccc2F)c2nc(N(C)C)ccc2c1=O. The summed E-state index contributed by atoms with van der Waals surface area (Å²) in [7, 11) is 3.75. The number of fused-ring (bicyclic) bond motifs is 1. The number of hydrogen-bond acceptors (Lipinski definition) is 3. The van der Waals surface area contributed by atoms with Crippen molar-refractivity contribution in [2.75, 3.05) is 19.0 Å². The molecular formula is C18H18FN3O. The van der Waals surface area contributed by atoms with Crippen molar-refractivity contribution in [1.82, 2.24) is 9.55 Å². The minimum Gasteiger partial charge on any atom is -0.363 e. The van der Waals surface area contributed by atoms with Crippen LogP contribution in [0.2, 0.25) is 0 Å². The van der Waals surface area contributed by atoms with Gasteiger partial charge in [0.15, 0.2) is 11.1 Å². The van der Waals surface area contributed by atoms with Crippen LogP contribution < -0.4 is 10.3 Å². The maximum atomic E-state index is 14.3. The van der Waals surface area contributed by atoms with Gasteiger partial charge in [0.05, 0.1) is 11.1 Å². The zero-order chi connectivity index (χ0) is 16.6. The molecule has 0 saturated heterocycles. The van der Waals surface area contributed by atoms with Crippen molar-refractivity contribution >= 4 is 16.9 Å². The maximum absolute atomic E-state index is 14.3. The fraction of sp³-hybridized carbons (Fsp3) is 0.222. The molecule has 2 heterocycles. The summed E-state index contributed by atoms with van der Waals surface area (Å²) in [6.07, 6.45) is 2.27. The summed E-state index contributed by atoms with van der Waals surface area (Å²) in [4.78, 5) is 18.9. The van der Waals surface area contributed by atoms with E-state index in [0.717, 1.165) is 0 Å². The lowest BCUT2D eigenvalue weighted by atomic mass is 10.1. The first kappa shape index (κ1) is 15.2. The lowest BCUT2D eigenvalue weighted by molar-refractivity contribution is 0.619. The molecule has 0 N–H and O–H groups in total. The summed E-state index contributed by atoms with van der Waals surface area (Å²) < 4.78 is 15.9. The molecule has 0 bridgehead atoms. The van der Waals surface area contributed by atoms with Crippen LogP contribution >= 0.6 is 0 Å². The molecule has 118 valence electrons. The summed E-state index contributed by atoms with van der Waals surface area (Å²) in [5.74, 6) is 0.364. The third-order valence-corrected chi connectivity index (χ3v) is 3.86. The van der Waals surface area contributed by atoms with E-state index in [2.05, 4.69) is 4.98 Å². The van der Waals surface area contributed by atoms with Crippen molar-refractivity contribution < 1.29 is 4.39 Å². The molecule has 0 spiro atoms. The summed E-state index contributed by atoms with van der Waals surface area (Å²) in [6.45, 7) is 1.91. The van der Waals surface area contributed by atoms with E-state index < -0.39 is 0 Å². The summed E-state index contributed by atoms with van der Waals surface area (Å²) in [5, 5.41) is 0.498. The van der Waals surface area contributed by atoms with Crippen molar-refractivity contribution in [3.63, 3.8) is 0 Å². The maximum Gasteiger partial charge on any atom is 0.194 e. The van der Waals surface area contributed by atoms with Gasteiger partial charge in [-0.15, -0.1) is 0 Å². The molecule has 0 aliphatic carbocycles. The number of aryl methyl sites for hydroxylation is 1. The molecule has 0 unspecified atom stereocenters. The standard InChI is InChI=1S/C18H18FN3O/c1-4-12-11-22(15-8-6-5-7-14(15)19)18-13(17(12)23)9-10-16(20-18)21(2)3/h5-11H,4H2,1-3H3. The second kappa shape index (κ2) is 5.83. The van der Waals surface area contributed by atoms with Crippen molar-refractivity contribution in [1.29, 1.82) is 0 Å². The zero-order valence-electron chi connectivity index (χ0n) is 13.4. The fourth-order valence-electron chi connectivity index (χ4n) is 2.58. The van der Waals surface area contributed by atoms with E-state index in [4.69, 9.17) is 0 Å². The molecule has 0 aliphatic heterocycles. The van der Waals surface area contributed by atoms with Gasteiger partial charge < -0.3 is 4.90 Å². The van der Waals surface area contributed by atoms with Gasteiger partial charge in [0.25, 0.3) is 0 Å². The molecule has 3 rings (SSSR count). The van der Waals surface area contributed by atoms with E-state index in [1.807, 2.05) is 25.9 Å². The van der Waals surface area contributed by atoms with Gasteiger partial charge in [-0.3, -0.25) is 9.36 Å². The minimum atomic E-state index is -0.350. The Morgan fingerprint density at radius 1 is 1.17 bits per heavy atom. The molecule has 3 aromatic rings. The Morgan fingerprint density at radius 3 is 2.57 bits per heavy atom. The number of para-hydroxylation sites is 1. The van der Waals surface area contributed by atoms with Gasteiger partial charge in [0, 0.05) is 25.9 Å². The normalized spacial score (nSPS) is 11.0. The van der Waals surface area contributed by atoms with Gasteiger partial charge in [-0.2, -0.15) is 0 Å². The largest absolute Gasteiger partial charge is 0.363 e. The molecule has 0 fully saturated rings. The molecule has 0 saturated carbocycles. The fourth-order valence-corrected chi connectivity index (χ4v) is 2.58. The van der Waals surface area contributed by atoms with Crippen LogP contribution in [0.1, 0.15) is 12.5 Å². The number of pyridine rings is 2. The molecule has 0 atom stereocenters. The van der Waals surface area contributed by atoms with Crippen LogP contribution in [0.3, 0.4) is 0 Å². The number of anilines is 1. The van der Waals surface area contributed by atoms with Crippen LogP contribution in [0.4, 0.5) is 10.2 Å². The second-order valence-corrected chi connectivity index (χ2v) is 5.59. The summed E-state index contributed by atoms with van der Waals surface area (Å²) in [6, 6.07) is 10.1. The van der Waals surface area contributed by atoms with Gasteiger partial charge >= 0.3 is 0 Å². The van der Waals surface area contributed by atoms with Crippen molar-refractivity contribution in [3.8, 4) is 5.69 Å². The third-order valence-electron chi connectivity index (χ3n) is 3.86. The van der Waals surface area contributed by atoms with E-state index in [-0.39, 0.29) is 11.2 Å². The lowest BCUT2D eigenvalue weighted by Gasteiger charge is -2.16. The Balaban J connectivity index is 2.43. The van der Waals surface area contributed by atoms with Crippen LogP contribution in [-0.4, -0.2) is 23.6 Å². The Morgan fingerprint density at radius 2 is 1.91 bits per heavy atom. The average molecular weight is 311 g/mol. The topological polar surface area (TPSA) is 38.1 Å². The predicted molar refractivity (Wildman–Crippen MR) is 91.0 cm³/mol. The monoisotopic (exact) mass is 311 g/mol. The summed E-state index contributed by atoms with van der Waals surface area (Å²) in [5.41, 5.74) is 1.44. The Kier molecular flexibility index (Phi) is 3.86. The highest BCUT2D eigenvalue weighted by Crippen LogP contribution is 2.21. The van der Waals surface area contributed by atoms with Crippen LogP contribution in [0.5, 0.6) is 0 Å². The van der Waals surface area contributed by atoms with Crippen LogP contribution in [0.15, 0.2) is 47.4 Å². The van der Waals surface area contributed by atoms with E-state index in [9.17, 15) is 9.18 Å². The van der Waals surface area contributed by atoms with E-state index in [0.29, 0.717) is 34.5 Å². The van der Waals surface area contributed by atoms with Gasteiger partial charge in [-0.25, -0.2) is 9.37 Å². The third kappa shape index (κ3) is 2.59. The average Bonchev–Trinajstić information content (AvgIpc) is 2.56. The van der Waals surface area contributed by atoms with E-state index in [1.165, 1.54) is 6.07 Å². The van der Waals surface area contributed by atoms with Crippen LogP contribution in [0.25, 0.3) is 16.7 Å². The van der Waals surface area contributed by atoms with Crippen molar-refractivity contribution in [2.45, 2.75) is 13.3 Å². The smallest absolute Gasteiger partial charge is 0.194 e. The molecule has 0 amide bonds. The van der Waals surface area contributed by atoms with Gasteiger partial charge in [0.1, 0.15) is 11.6 Å². The Labute approximate surface area is 133 Å².